The number of hydrogen-bond donors (Lipinski definition) is 2. The SMILES string of the molecule is COc1ccc(OCCNc2cc(C(=O)Nc3cccc(OC)c3)ncn2)cc1. The predicted molar refractivity (Wildman–Crippen MR) is 110 cm³/mol. The fourth-order valence-corrected chi connectivity index (χ4v) is 2.49. The lowest BCUT2D eigenvalue weighted by Crippen LogP contribution is -2.16. The van der Waals surface area contributed by atoms with Gasteiger partial charge in [0.2, 0.25) is 0 Å². The Kier molecular flexibility index (Phi) is 6.83. The third-order valence-electron chi connectivity index (χ3n) is 3.96. The fraction of sp³-hybridized carbons (Fsp3) is 0.190. The average Bonchev–Trinajstić information content (AvgIpc) is 2.77. The van der Waals surface area contributed by atoms with Crippen molar-refractivity contribution in [2.24, 2.45) is 0 Å². The van der Waals surface area contributed by atoms with E-state index < -0.39 is 0 Å². The Hall–Kier alpha value is -3.81. The van der Waals surface area contributed by atoms with Gasteiger partial charge in [-0.2, -0.15) is 0 Å². The molecule has 0 atom stereocenters. The highest BCUT2D eigenvalue weighted by atomic mass is 16.5. The molecule has 3 aromatic rings. The molecule has 0 saturated carbocycles. The molecule has 2 N–H and O–H groups in total. The maximum Gasteiger partial charge on any atom is 0.274 e. The topological polar surface area (TPSA) is 94.6 Å². The van der Waals surface area contributed by atoms with Gasteiger partial charge in [-0.05, 0) is 36.4 Å². The third-order valence-corrected chi connectivity index (χ3v) is 3.96. The van der Waals surface area contributed by atoms with Gasteiger partial charge in [0.05, 0.1) is 20.8 Å². The molecule has 0 aliphatic rings. The van der Waals surface area contributed by atoms with Crippen molar-refractivity contribution in [3.63, 3.8) is 0 Å². The Balaban J connectivity index is 1.51. The molecule has 0 radical (unpaired) electrons. The molecule has 150 valence electrons. The first-order valence-electron chi connectivity index (χ1n) is 8.96. The molecule has 0 spiro atoms. The molecule has 1 amide bonds. The zero-order valence-electron chi connectivity index (χ0n) is 16.2. The quantitative estimate of drug-likeness (QED) is 0.538. The fourth-order valence-electron chi connectivity index (χ4n) is 2.49. The first-order valence-corrected chi connectivity index (χ1v) is 8.96. The second-order valence-electron chi connectivity index (χ2n) is 5.93. The van der Waals surface area contributed by atoms with Crippen LogP contribution >= 0.6 is 0 Å². The molecule has 0 saturated heterocycles. The van der Waals surface area contributed by atoms with Gasteiger partial charge in [-0.25, -0.2) is 9.97 Å². The minimum atomic E-state index is -0.335. The lowest BCUT2D eigenvalue weighted by Gasteiger charge is -2.10. The van der Waals surface area contributed by atoms with Crippen molar-refractivity contribution in [2.75, 3.05) is 38.0 Å². The van der Waals surface area contributed by atoms with E-state index in [-0.39, 0.29) is 11.6 Å². The normalized spacial score (nSPS) is 10.1. The molecule has 0 aliphatic carbocycles. The second-order valence-corrected chi connectivity index (χ2v) is 5.93. The van der Waals surface area contributed by atoms with Crippen molar-refractivity contribution in [1.82, 2.24) is 9.97 Å². The largest absolute Gasteiger partial charge is 0.497 e. The van der Waals surface area contributed by atoms with Crippen LogP contribution < -0.4 is 24.8 Å². The van der Waals surface area contributed by atoms with Gasteiger partial charge in [0.15, 0.2) is 0 Å². The van der Waals surface area contributed by atoms with Gasteiger partial charge in [-0.15, -0.1) is 0 Å². The number of carbonyl (C=O) groups excluding carboxylic acids is 1. The van der Waals surface area contributed by atoms with Crippen LogP contribution in [0.4, 0.5) is 11.5 Å². The van der Waals surface area contributed by atoms with Crippen molar-refractivity contribution in [2.45, 2.75) is 0 Å². The van der Waals surface area contributed by atoms with Crippen LogP contribution in [-0.4, -0.2) is 43.2 Å². The maximum atomic E-state index is 12.4. The molecular formula is C21H22N4O4. The van der Waals surface area contributed by atoms with Crippen LogP contribution in [0.25, 0.3) is 0 Å². The zero-order valence-corrected chi connectivity index (χ0v) is 16.2. The molecule has 0 fully saturated rings. The summed E-state index contributed by atoms with van der Waals surface area (Å²) in [7, 11) is 3.19. The smallest absolute Gasteiger partial charge is 0.274 e. The van der Waals surface area contributed by atoms with E-state index in [0.29, 0.717) is 30.4 Å². The van der Waals surface area contributed by atoms with Gasteiger partial charge in [0, 0.05) is 17.8 Å². The molecule has 3 rings (SSSR count). The lowest BCUT2D eigenvalue weighted by atomic mass is 10.3. The van der Waals surface area contributed by atoms with E-state index >= 15 is 0 Å². The molecule has 0 aliphatic heterocycles. The number of methoxy groups -OCH3 is 2. The number of hydrogen-bond acceptors (Lipinski definition) is 7. The van der Waals surface area contributed by atoms with Crippen molar-refractivity contribution in [1.29, 1.82) is 0 Å². The summed E-state index contributed by atoms with van der Waals surface area (Å²) in [5, 5.41) is 5.90. The summed E-state index contributed by atoms with van der Waals surface area (Å²) in [4.78, 5) is 20.6. The number of rotatable bonds is 9. The molecule has 1 heterocycles. The maximum absolute atomic E-state index is 12.4. The number of ether oxygens (including phenoxy) is 3. The summed E-state index contributed by atoms with van der Waals surface area (Å²) in [5.41, 5.74) is 0.872. The number of nitrogens with one attached hydrogen (secondary N) is 2. The van der Waals surface area contributed by atoms with Crippen molar-refractivity contribution in [3.05, 3.63) is 66.6 Å². The second kappa shape index (κ2) is 9.93. The molecule has 0 unspecified atom stereocenters. The Morgan fingerprint density at radius 3 is 2.45 bits per heavy atom. The van der Waals surface area contributed by atoms with Gasteiger partial charge >= 0.3 is 0 Å². The van der Waals surface area contributed by atoms with Crippen LogP contribution in [0, 0.1) is 0 Å². The third kappa shape index (κ3) is 5.83. The monoisotopic (exact) mass is 394 g/mol. The molecule has 8 heteroatoms. The summed E-state index contributed by atoms with van der Waals surface area (Å²) < 4.78 is 15.9. The van der Waals surface area contributed by atoms with Crippen LogP contribution in [0.15, 0.2) is 60.9 Å². The van der Waals surface area contributed by atoms with Crippen LogP contribution in [0.2, 0.25) is 0 Å². The van der Waals surface area contributed by atoms with E-state index in [1.807, 2.05) is 24.3 Å². The Morgan fingerprint density at radius 2 is 1.69 bits per heavy atom. The van der Waals surface area contributed by atoms with Crippen LogP contribution in [0.5, 0.6) is 17.2 Å². The number of amides is 1. The van der Waals surface area contributed by atoms with Gasteiger partial charge in [0.1, 0.15) is 41.7 Å². The standard InChI is InChI=1S/C21H22N4O4/c1-27-16-6-8-17(9-7-16)29-11-10-22-20-13-19(23-14-24-20)21(26)25-15-4-3-5-18(12-15)28-2/h3-9,12-14H,10-11H2,1-2H3,(H,25,26)(H,22,23,24). The van der Waals surface area contributed by atoms with Crippen LogP contribution in [-0.2, 0) is 0 Å². The number of carbonyl (C=O) groups is 1. The average molecular weight is 394 g/mol. The Labute approximate surface area is 168 Å². The van der Waals surface area contributed by atoms with E-state index in [0.717, 1.165) is 11.5 Å². The predicted octanol–water partition coefficient (Wildman–Crippen LogP) is 3.24. The van der Waals surface area contributed by atoms with Crippen molar-refractivity contribution >= 4 is 17.4 Å². The van der Waals surface area contributed by atoms with E-state index in [4.69, 9.17) is 14.2 Å². The summed E-state index contributed by atoms with van der Waals surface area (Å²) >= 11 is 0. The molecule has 8 nitrogen and oxygen atoms in total. The van der Waals surface area contributed by atoms with Crippen molar-refractivity contribution in [3.8, 4) is 17.2 Å². The highest BCUT2D eigenvalue weighted by molar-refractivity contribution is 6.03. The molecular weight excluding hydrogens is 372 g/mol. The zero-order chi connectivity index (χ0) is 20.5. The summed E-state index contributed by atoms with van der Waals surface area (Å²) in [6, 6.07) is 16.0. The van der Waals surface area contributed by atoms with E-state index in [2.05, 4.69) is 20.6 Å². The minimum Gasteiger partial charge on any atom is -0.497 e. The highest BCUT2D eigenvalue weighted by Crippen LogP contribution is 2.18. The van der Waals surface area contributed by atoms with Gasteiger partial charge < -0.3 is 24.8 Å². The number of anilines is 2. The number of nitrogens with zero attached hydrogens (tertiary/aromatic N) is 2. The summed E-state index contributed by atoms with van der Waals surface area (Å²) in [6.07, 6.45) is 1.34. The molecule has 2 aromatic carbocycles. The van der Waals surface area contributed by atoms with Crippen LogP contribution in [0.3, 0.4) is 0 Å². The molecule has 1 aromatic heterocycles. The number of benzene rings is 2. The number of aromatic nitrogens is 2. The first-order chi connectivity index (χ1) is 14.2. The first kappa shape index (κ1) is 19.9. The van der Waals surface area contributed by atoms with Gasteiger partial charge in [-0.3, -0.25) is 4.79 Å². The Morgan fingerprint density at radius 1 is 0.931 bits per heavy atom. The van der Waals surface area contributed by atoms with Crippen LogP contribution in [0.1, 0.15) is 10.5 Å². The van der Waals surface area contributed by atoms with Crippen molar-refractivity contribution < 1.29 is 19.0 Å². The minimum absolute atomic E-state index is 0.251. The van der Waals surface area contributed by atoms with E-state index in [1.165, 1.54) is 6.33 Å². The van der Waals surface area contributed by atoms with Gasteiger partial charge in [-0.1, -0.05) is 6.07 Å². The molecule has 0 bridgehead atoms. The lowest BCUT2D eigenvalue weighted by molar-refractivity contribution is 0.102. The van der Waals surface area contributed by atoms with E-state index in [9.17, 15) is 4.79 Å². The van der Waals surface area contributed by atoms with E-state index in [1.54, 1.807) is 44.6 Å². The molecule has 29 heavy (non-hydrogen) atoms. The highest BCUT2D eigenvalue weighted by Gasteiger charge is 2.10. The summed E-state index contributed by atoms with van der Waals surface area (Å²) in [5.74, 6) is 2.38. The van der Waals surface area contributed by atoms with Gasteiger partial charge in [0.25, 0.3) is 5.91 Å². The Bertz CT molecular complexity index is 947. The summed E-state index contributed by atoms with van der Waals surface area (Å²) in [6.45, 7) is 0.946.